The number of aromatic nitrogens is 1. The van der Waals surface area contributed by atoms with Crippen molar-refractivity contribution in [2.75, 3.05) is 25.5 Å². The Morgan fingerprint density at radius 2 is 2.26 bits per heavy atom. The van der Waals surface area contributed by atoms with Crippen LogP contribution in [0.3, 0.4) is 0 Å². The van der Waals surface area contributed by atoms with Gasteiger partial charge in [0.1, 0.15) is 0 Å². The number of anilines is 1. The van der Waals surface area contributed by atoms with E-state index in [1.165, 1.54) is 0 Å². The number of aliphatic imine (C=N–C) groups is 1. The fourth-order valence-electron chi connectivity index (χ4n) is 1.41. The summed E-state index contributed by atoms with van der Waals surface area (Å²) in [6, 6.07) is 3.56. The predicted octanol–water partition coefficient (Wildman–Crippen LogP) is 0.985. The number of carbonyl (C=O) groups is 1. The lowest BCUT2D eigenvalue weighted by Gasteiger charge is -2.11. The molecule has 0 saturated carbocycles. The van der Waals surface area contributed by atoms with E-state index in [9.17, 15) is 4.79 Å². The Hall–Kier alpha value is -2.11. The van der Waals surface area contributed by atoms with Crippen LogP contribution in [0.25, 0.3) is 0 Å². The van der Waals surface area contributed by atoms with Crippen LogP contribution in [0.4, 0.5) is 5.69 Å². The molecule has 0 saturated heterocycles. The highest BCUT2D eigenvalue weighted by atomic mass is 16.1. The minimum Gasteiger partial charge on any atom is -0.356 e. The lowest BCUT2D eigenvalue weighted by Crippen LogP contribution is -2.41. The molecule has 0 aromatic carbocycles. The molecule has 1 aromatic heterocycles. The second kappa shape index (κ2) is 8.91. The minimum atomic E-state index is -0.133. The number of nitrogens with zero attached hydrogens (tertiary/aromatic N) is 2. The van der Waals surface area contributed by atoms with E-state index in [1.807, 2.05) is 0 Å². The second-order valence-corrected chi connectivity index (χ2v) is 4.00. The SMILES string of the molecule is CCCCNC(=NC)NCC(=O)Nc1cccnc1. The van der Waals surface area contributed by atoms with Gasteiger partial charge in [-0.15, -0.1) is 0 Å². The molecule has 0 fully saturated rings. The van der Waals surface area contributed by atoms with Crippen molar-refractivity contribution < 1.29 is 4.79 Å². The Kier molecular flexibility index (Phi) is 7.01. The standard InChI is InChI=1S/C13H21N5O/c1-3-4-8-16-13(14-2)17-10-12(19)18-11-6-5-7-15-9-11/h5-7,9H,3-4,8,10H2,1-2H3,(H,18,19)(H2,14,16,17). The molecule has 104 valence electrons. The lowest BCUT2D eigenvalue weighted by atomic mass is 10.3. The van der Waals surface area contributed by atoms with Crippen LogP contribution in [0.5, 0.6) is 0 Å². The van der Waals surface area contributed by atoms with Crippen molar-refractivity contribution in [2.24, 2.45) is 4.99 Å². The molecule has 19 heavy (non-hydrogen) atoms. The smallest absolute Gasteiger partial charge is 0.243 e. The van der Waals surface area contributed by atoms with Crippen molar-refractivity contribution in [3.05, 3.63) is 24.5 Å². The molecule has 6 nitrogen and oxygen atoms in total. The van der Waals surface area contributed by atoms with Gasteiger partial charge in [-0.2, -0.15) is 0 Å². The molecule has 1 amide bonds. The molecule has 0 aliphatic rings. The van der Waals surface area contributed by atoms with Crippen LogP contribution in [-0.2, 0) is 4.79 Å². The quantitative estimate of drug-likeness (QED) is 0.406. The number of hydrogen-bond acceptors (Lipinski definition) is 3. The maximum atomic E-state index is 11.7. The Bertz CT molecular complexity index is 405. The van der Waals surface area contributed by atoms with Crippen molar-refractivity contribution in [3.8, 4) is 0 Å². The van der Waals surface area contributed by atoms with E-state index < -0.39 is 0 Å². The van der Waals surface area contributed by atoms with E-state index in [0.717, 1.165) is 19.4 Å². The molecule has 0 bridgehead atoms. The zero-order valence-corrected chi connectivity index (χ0v) is 11.4. The van der Waals surface area contributed by atoms with E-state index in [0.29, 0.717) is 11.6 Å². The maximum Gasteiger partial charge on any atom is 0.243 e. The number of amides is 1. The Balaban J connectivity index is 2.29. The zero-order chi connectivity index (χ0) is 13.9. The summed E-state index contributed by atoms with van der Waals surface area (Å²) < 4.78 is 0. The summed E-state index contributed by atoms with van der Waals surface area (Å²) in [5.74, 6) is 0.501. The molecule has 0 radical (unpaired) electrons. The molecule has 6 heteroatoms. The predicted molar refractivity (Wildman–Crippen MR) is 77.1 cm³/mol. The van der Waals surface area contributed by atoms with Gasteiger partial charge in [-0.3, -0.25) is 14.8 Å². The Morgan fingerprint density at radius 1 is 1.42 bits per heavy atom. The van der Waals surface area contributed by atoms with Crippen molar-refractivity contribution in [2.45, 2.75) is 19.8 Å². The first-order chi connectivity index (χ1) is 9.26. The third kappa shape index (κ3) is 6.40. The van der Waals surface area contributed by atoms with Gasteiger partial charge >= 0.3 is 0 Å². The molecular weight excluding hydrogens is 242 g/mol. The molecule has 0 unspecified atom stereocenters. The van der Waals surface area contributed by atoms with Crippen molar-refractivity contribution >= 4 is 17.6 Å². The number of pyridine rings is 1. The lowest BCUT2D eigenvalue weighted by molar-refractivity contribution is -0.115. The third-order valence-corrected chi connectivity index (χ3v) is 2.41. The van der Waals surface area contributed by atoms with Crippen LogP contribution in [0.15, 0.2) is 29.5 Å². The Labute approximate surface area is 113 Å². The molecule has 0 aliphatic heterocycles. The fraction of sp³-hybridized carbons (Fsp3) is 0.462. The fourth-order valence-corrected chi connectivity index (χ4v) is 1.41. The van der Waals surface area contributed by atoms with E-state index in [4.69, 9.17) is 0 Å². The van der Waals surface area contributed by atoms with Gasteiger partial charge in [0.05, 0.1) is 18.4 Å². The van der Waals surface area contributed by atoms with Crippen molar-refractivity contribution in [1.29, 1.82) is 0 Å². The van der Waals surface area contributed by atoms with Crippen LogP contribution in [-0.4, -0.2) is 37.0 Å². The summed E-state index contributed by atoms with van der Waals surface area (Å²) in [5, 5.41) is 8.83. The molecule has 1 aromatic rings. The average Bonchev–Trinajstić information content (AvgIpc) is 2.44. The monoisotopic (exact) mass is 263 g/mol. The molecule has 0 spiro atoms. The minimum absolute atomic E-state index is 0.133. The summed E-state index contributed by atoms with van der Waals surface area (Å²) in [7, 11) is 1.68. The van der Waals surface area contributed by atoms with Gasteiger partial charge in [-0.05, 0) is 18.6 Å². The van der Waals surface area contributed by atoms with Crippen LogP contribution < -0.4 is 16.0 Å². The maximum absolute atomic E-state index is 11.7. The summed E-state index contributed by atoms with van der Waals surface area (Å²) in [5.41, 5.74) is 0.684. The number of nitrogens with one attached hydrogen (secondary N) is 3. The molecule has 0 atom stereocenters. The van der Waals surface area contributed by atoms with Crippen LogP contribution >= 0.6 is 0 Å². The highest BCUT2D eigenvalue weighted by Gasteiger charge is 2.03. The normalized spacial score (nSPS) is 10.9. The van der Waals surface area contributed by atoms with Crippen LogP contribution in [0, 0.1) is 0 Å². The third-order valence-electron chi connectivity index (χ3n) is 2.41. The number of hydrogen-bond donors (Lipinski definition) is 3. The van der Waals surface area contributed by atoms with Gasteiger partial charge in [0, 0.05) is 19.8 Å². The topological polar surface area (TPSA) is 78.4 Å². The average molecular weight is 263 g/mol. The summed E-state index contributed by atoms with van der Waals surface area (Å²) in [6.45, 7) is 3.14. The number of guanidine groups is 1. The molecule has 1 rings (SSSR count). The molecular formula is C13H21N5O. The molecule has 0 aliphatic carbocycles. The van der Waals surface area contributed by atoms with Gasteiger partial charge in [0.25, 0.3) is 0 Å². The summed E-state index contributed by atoms with van der Waals surface area (Å²) >= 11 is 0. The van der Waals surface area contributed by atoms with Gasteiger partial charge < -0.3 is 16.0 Å². The zero-order valence-electron chi connectivity index (χ0n) is 11.4. The number of carbonyl (C=O) groups excluding carboxylic acids is 1. The number of rotatable bonds is 6. The summed E-state index contributed by atoms with van der Waals surface area (Å²) in [6.07, 6.45) is 5.45. The van der Waals surface area contributed by atoms with Gasteiger partial charge in [-0.1, -0.05) is 13.3 Å². The van der Waals surface area contributed by atoms with Gasteiger partial charge in [-0.25, -0.2) is 0 Å². The van der Waals surface area contributed by atoms with Crippen LogP contribution in [0.2, 0.25) is 0 Å². The number of unbranched alkanes of at least 4 members (excludes halogenated alkanes) is 1. The first-order valence-corrected chi connectivity index (χ1v) is 6.40. The van der Waals surface area contributed by atoms with E-state index in [-0.39, 0.29) is 12.5 Å². The van der Waals surface area contributed by atoms with Gasteiger partial charge in [0.15, 0.2) is 5.96 Å². The van der Waals surface area contributed by atoms with Gasteiger partial charge in [0.2, 0.25) is 5.91 Å². The molecule has 3 N–H and O–H groups in total. The second-order valence-electron chi connectivity index (χ2n) is 4.00. The first-order valence-electron chi connectivity index (χ1n) is 6.40. The van der Waals surface area contributed by atoms with E-state index in [1.54, 1.807) is 31.6 Å². The Morgan fingerprint density at radius 3 is 2.89 bits per heavy atom. The largest absolute Gasteiger partial charge is 0.356 e. The highest BCUT2D eigenvalue weighted by Crippen LogP contribution is 2.01. The van der Waals surface area contributed by atoms with Crippen molar-refractivity contribution in [3.63, 3.8) is 0 Å². The van der Waals surface area contributed by atoms with Crippen LogP contribution in [0.1, 0.15) is 19.8 Å². The first kappa shape index (κ1) is 14.9. The van der Waals surface area contributed by atoms with E-state index >= 15 is 0 Å². The van der Waals surface area contributed by atoms with Crippen molar-refractivity contribution in [1.82, 2.24) is 15.6 Å². The highest BCUT2D eigenvalue weighted by molar-refractivity contribution is 5.94. The van der Waals surface area contributed by atoms with E-state index in [2.05, 4.69) is 32.9 Å². The molecule has 1 heterocycles. The summed E-state index contributed by atoms with van der Waals surface area (Å²) in [4.78, 5) is 19.6.